The summed E-state index contributed by atoms with van der Waals surface area (Å²) in [6.07, 6.45) is 3.53. The number of fused-ring (bicyclic) bond motifs is 3. The lowest BCUT2D eigenvalue weighted by molar-refractivity contribution is 0.0919. The molecular formula is C24H20N4O2. The van der Waals surface area contributed by atoms with E-state index in [1.54, 1.807) is 18.5 Å². The van der Waals surface area contributed by atoms with Gasteiger partial charge >= 0.3 is 0 Å². The van der Waals surface area contributed by atoms with Gasteiger partial charge in [-0.05, 0) is 48.9 Å². The summed E-state index contributed by atoms with van der Waals surface area (Å²) < 4.78 is 2.01. The van der Waals surface area contributed by atoms with Crippen LogP contribution in [0.2, 0.25) is 0 Å². The summed E-state index contributed by atoms with van der Waals surface area (Å²) in [5.74, 6) is -0.272. The zero-order chi connectivity index (χ0) is 20.7. The van der Waals surface area contributed by atoms with E-state index < -0.39 is 0 Å². The standard InChI is InChI=1S/C24H20N4O2/c1-15-13-26-24(30)22-11-17-7-8-18(12-21(17)28(15)22)23(29)27-20-6-2-4-16(10-20)19-5-3-9-25-14-19/h2-12,14-15H,13H2,1H3,(H,26,30)(H,27,29). The molecule has 3 heterocycles. The molecule has 1 aliphatic rings. The molecule has 6 heteroatoms. The number of amides is 2. The van der Waals surface area contributed by atoms with E-state index >= 15 is 0 Å². The van der Waals surface area contributed by atoms with Crippen LogP contribution in [0.5, 0.6) is 0 Å². The number of nitrogens with one attached hydrogen (secondary N) is 2. The topological polar surface area (TPSA) is 76.0 Å². The Hall–Kier alpha value is -3.93. The van der Waals surface area contributed by atoms with E-state index in [0.717, 1.165) is 22.0 Å². The average Bonchev–Trinajstić information content (AvgIpc) is 3.17. The third kappa shape index (κ3) is 3.12. The average molecular weight is 396 g/mol. The fourth-order valence-corrected chi connectivity index (χ4v) is 3.95. The molecule has 2 aromatic carbocycles. The highest BCUT2D eigenvalue weighted by Gasteiger charge is 2.24. The van der Waals surface area contributed by atoms with Gasteiger partial charge in [0, 0.05) is 52.7 Å². The van der Waals surface area contributed by atoms with Crippen LogP contribution in [0.3, 0.4) is 0 Å². The van der Waals surface area contributed by atoms with Crippen LogP contribution < -0.4 is 10.6 Å². The molecule has 0 bridgehead atoms. The number of hydrogen-bond donors (Lipinski definition) is 2. The first-order valence-electron chi connectivity index (χ1n) is 9.85. The fraction of sp³-hybridized carbons (Fsp3) is 0.125. The van der Waals surface area contributed by atoms with Crippen molar-refractivity contribution in [1.29, 1.82) is 0 Å². The minimum Gasteiger partial charge on any atom is -0.349 e. The smallest absolute Gasteiger partial charge is 0.268 e. The molecule has 2 N–H and O–H groups in total. The van der Waals surface area contributed by atoms with Crippen molar-refractivity contribution in [2.45, 2.75) is 13.0 Å². The third-order valence-corrected chi connectivity index (χ3v) is 5.45. The van der Waals surface area contributed by atoms with Crippen LogP contribution in [-0.4, -0.2) is 27.9 Å². The number of benzene rings is 2. The number of nitrogens with zero attached hydrogens (tertiary/aromatic N) is 2. The van der Waals surface area contributed by atoms with Crippen LogP contribution in [0.25, 0.3) is 22.0 Å². The molecular weight excluding hydrogens is 376 g/mol. The van der Waals surface area contributed by atoms with Gasteiger partial charge in [-0.25, -0.2) is 0 Å². The van der Waals surface area contributed by atoms with Gasteiger partial charge in [0.05, 0.1) is 0 Å². The summed E-state index contributed by atoms with van der Waals surface area (Å²) in [6, 6.07) is 19.1. The van der Waals surface area contributed by atoms with Gasteiger partial charge in [-0.3, -0.25) is 14.6 Å². The monoisotopic (exact) mass is 396 g/mol. The minimum atomic E-state index is -0.191. The number of pyridine rings is 1. The van der Waals surface area contributed by atoms with Gasteiger partial charge in [0.1, 0.15) is 5.69 Å². The van der Waals surface area contributed by atoms with E-state index in [9.17, 15) is 9.59 Å². The number of hydrogen-bond acceptors (Lipinski definition) is 3. The van der Waals surface area contributed by atoms with Crippen molar-refractivity contribution in [3.8, 4) is 11.1 Å². The van der Waals surface area contributed by atoms with Crippen LogP contribution in [-0.2, 0) is 0 Å². The van der Waals surface area contributed by atoms with E-state index in [1.165, 1.54) is 0 Å². The molecule has 4 aromatic rings. The van der Waals surface area contributed by atoms with Crippen molar-refractivity contribution < 1.29 is 9.59 Å². The second-order valence-corrected chi connectivity index (χ2v) is 7.51. The molecule has 2 aromatic heterocycles. The van der Waals surface area contributed by atoms with E-state index in [1.807, 2.05) is 59.2 Å². The Morgan fingerprint density at radius 1 is 1.10 bits per heavy atom. The Morgan fingerprint density at radius 2 is 1.97 bits per heavy atom. The predicted octanol–water partition coefficient (Wildman–Crippen LogP) is 4.26. The molecule has 6 nitrogen and oxygen atoms in total. The lowest BCUT2D eigenvalue weighted by atomic mass is 10.1. The molecule has 0 radical (unpaired) electrons. The predicted molar refractivity (Wildman–Crippen MR) is 117 cm³/mol. The summed E-state index contributed by atoms with van der Waals surface area (Å²) in [6.45, 7) is 2.63. The van der Waals surface area contributed by atoms with E-state index in [0.29, 0.717) is 23.5 Å². The van der Waals surface area contributed by atoms with Crippen LogP contribution in [0.4, 0.5) is 5.69 Å². The molecule has 1 unspecified atom stereocenters. The number of aromatic nitrogens is 2. The molecule has 1 aliphatic heterocycles. The van der Waals surface area contributed by atoms with Gasteiger partial charge in [-0.1, -0.05) is 24.3 Å². The maximum Gasteiger partial charge on any atom is 0.268 e. The molecule has 0 saturated heterocycles. The summed E-state index contributed by atoms with van der Waals surface area (Å²) in [4.78, 5) is 29.3. The summed E-state index contributed by atoms with van der Waals surface area (Å²) in [7, 11) is 0. The van der Waals surface area contributed by atoms with E-state index in [4.69, 9.17) is 0 Å². The summed E-state index contributed by atoms with van der Waals surface area (Å²) in [5.41, 5.74) is 4.76. The third-order valence-electron chi connectivity index (χ3n) is 5.45. The molecule has 2 amide bonds. The van der Waals surface area contributed by atoms with E-state index in [2.05, 4.69) is 22.5 Å². The van der Waals surface area contributed by atoms with Gasteiger partial charge in [0.15, 0.2) is 0 Å². The maximum atomic E-state index is 12.9. The highest BCUT2D eigenvalue weighted by atomic mass is 16.2. The number of carbonyl (C=O) groups excluding carboxylic acids is 2. The van der Waals surface area contributed by atoms with Crippen LogP contribution in [0.1, 0.15) is 33.8 Å². The van der Waals surface area contributed by atoms with Crippen molar-refractivity contribution in [2.24, 2.45) is 0 Å². The number of carbonyl (C=O) groups is 2. The zero-order valence-corrected chi connectivity index (χ0v) is 16.4. The summed E-state index contributed by atoms with van der Waals surface area (Å²) >= 11 is 0. The van der Waals surface area contributed by atoms with Gasteiger partial charge < -0.3 is 15.2 Å². The van der Waals surface area contributed by atoms with Gasteiger partial charge in [-0.2, -0.15) is 0 Å². The maximum absolute atomic E-state index is 12.9. The minimum absolute atomic E-state index is 0.0810. The molecule has 0 saturated carbocycles. The Balaban J connectivity index is 1.46. The lowest BCUT2D eigenvalue weighted by Gasteiger charge is -2.24. The normalized spacial score (nSPS) is 15.5. The molecule has 0 fully saturated rings. The van der Waals surface area contributed by atoms with Gasteiger partial charge in [0.25, 0.3) is 11.8 Å². The largest absolute Gasteiger partial charge is 0.349 e. The molecule has 148 valence electrons. The van der Waals surface area contributed by atoms with Crippen molar-refractivity contribution in [3.05, 3.63) is 84.3 Å². The first-order valence-corrected chi connectivity index (χ1v) is 9.85. The Kier molecular flexibility index (Phi) is 4.32. The first kappa shape index (κ1) is 18.1. The van der Waals surface area contributed by atoms with E-state index in [-0.39, 0.29) is 17.9 Å². The second kappa shape index (κ2) is 7.15. The molecule has 5 rings (SSSR count). The molecule has 0 spiro atoms. The van der Waals surface area contributed by atoms with Crippen LogP contribution in [0, 0.1) is 0 Å². The molecule has 30 heavy (non-hydrogen) atoms. The van der Waals surface area contributed by atoms with Gasteiger partial charge in [-0.15, -0.1) is 0 Å². The molecule has 0 aliphatic carbocycles. The zero-order valence-electron chi connectivity index (χ0n) is 16.4. The molecule has 1 atom stereocenters. The SMILES string of the molecule is CC1CNC(=O)c2cc3ccc(C(=O)Nc4cccc(-c5cccnc5)c4)cc3n21. The first-order chi connectivity index (χ1) is 14.6. The Morgan fingerprint density at radius 3 is 2.80 bits per heavy atom. The Labute approximate surface area is 173 Å². The Bertz CT molecular complexity index is 1280. The van der Waals surface area contributed by atoms with Crippen molar-refractivity contribution >= 4 is 28.4 Å². The van der Waals surface area contributed by atoms with Crippen molar-refractivity contribution in [3.63, 3.8) is 0 Å². The van der Waals surface area contributed by atoms with Crippen LogP contribution >= 0.6 is 0 Å². The number of anilines is 1. The van der Waals surface area contributed by atoms with Crippen molar-refractivity contribution in [1.82, 2.24) is 14.9 Å². The second-order valence-electron chi connectivity index (χ2n) is 7.51. The fourth-order valence-electron chi connectivity index (χ4n) is 3.95. The van der Waals surface area contributed by atoms with Crippen LogP contribution in [0.15, 0.2) is 73.1 Å². The summed E-state index contributed by atoms with van der Waals surface area (Å²) in [5, 5.41) is 6.82. The quantitative estimate of drug-likeness (QED) is 0.543. The lowest BCUT2D eigenvalue weighted by Crippen LogP contribution is -2.37. The highest BCUT2D eigenvalue weighted by Crippen LogP contribution is 2.28. The highest BCUT2D eigenvalue weighted by molar-refractivity contribution is 6.07. The van der Waals surface area contributed by atoms with Crippen molar-refractivity contribution in [2.75, 3.05) is 11.9 Å². The number of rotatable bonds is 3. The van der Waals surface area contributed by atoms with Gasteiger partial charge in [0.2, 0.25) is 0 Å².